The lowest BCUT2D eigenvalue weighted by molar-refractivity contribution is -0.117. The van der Waals surface area contributed by atoms with Crippen molar-refractivity contribution in [3.63, 3.8) is 0 Å². The molecule has 0 saturated carbocycles. The van der Waals surface area contributed by atoms with E-state index in [0.29, 0.717) is 29.8 Å². The van der Waals surface area contributed by atoms with Crippen LogP contribution >= 0.6 is 23.6 Å². The van der Waals surface area contributed by atoms with Crippen LogP contribution in [0, 0.1) is 0 Å². The molecule has 1 aliphatic heterocycles. The summed E-state index contributed by atoms with van der Waals surface area (Å²) in [5.41, 5.74) is 1.75. The zero-order valence-corrected chi connectivity index (χ0v) is 16.0. The van der Waals surface area contributed by atoms with E-state index in [2.05, 4.69) is 20.8 Å². The van der Waals surface area contributed by atoms with Crippen molar-refractivity contribution >= 4 is 45.9 Å². The third-order valence-corrected chi connectivity index (χ3v) is 5.23. The van der Waals surface area contributed by atoms with Gasteiger partial charge < -0.3 is 20.1 Å². The molecule has 0 spiro atoms. The lowest BCUT2D eigenvalue weighted by atomic mass is 10.2. The molecular weight excluding hydrogens is 382 g/mol. The number of thiophene rings is 1. The Morgan fingerprint density at radius 2 is 2.15 bits per heavy atom. The molecule has 0 bridgehead atoms. The first-order valence-corrected chi connectivity index (χ1v) is 9.79. The third-order valence-electron chi connectivity index (χ3n) is 4.12. The summed E-state index contributed by atoms with van der Waals surface area (Å²) in [6, 6.07) is 11.5. The zero-order valence-electron chi connectivity index (χ0n) is 14.3. The van der Waals surface area contributed by atoms with Crippen LogP contribution in [-0.4, -0.2) is 27.7 Å². The molecule has 138 valence electrons. The van der Waals surface area contributed by atoms with Crippen molar-refractivity contribution in [2.45, 2.75) is 19.4 Å². The number of amides is 1. The van der Waals surface area contributed by atoms with Crippen molar-refractivity contribution in [2.24, 2.45) is 0 Å². The molecule has 0 radical (unpaired) electrons. The normalized spacial score (nSPS) is 13.8. The molecule has 0 aliphatic carbocycles. The number of aromatic nitrogens is 2. The van der Waals surface area contributed by atoms with Gasteiger partial charge in [-0.05, 0) is 54.4 Å². The Bertz CT molecular complexity index is 937. The number of carbonyl (C=O) groups excluding carboxylic acids is 1. The minimum atomic E-state index is 0.175. The van der Waals surface area contributed by atoms with E-state index >= 15 is 0 Å². The number of hydrogen-bond acceptors (Lipinski definition) is 6. The first-order valence-electron chi connectivity index (χ1n) is 8.51. The predicted molar refractivity (Wildman–Crippen MR) is 109 cm³/mol. The highest BCUT2D eigenvalue weighted by atomic mass is 32.1. The highest BCUT2D eigenvalue weighted by Crippen LogP contribution is 2.23. The molecule has 27 heavy (non-hydrogen) atoms. The number of hydrogen-bond donors (Lipinski definition) is 2. The number of anilines is 2. The van der Waals surface area contributed by atoms with E-state index in [0.717, 1.165) is 29.2 Å². The van der Waals surface area contributed by atoms with Crippen LogP contribution < -0.4 is 15.5 Å². The molecule has 1 aromatic carbocycles. The summed E-state index contributed by atoms with van der Waals surface area (Å²) in [4.78, 5) is 18.9. The lowest BCUT2D eigenvalue weighted by Gasteiger charge is -2.16. The summed E-state index contributed by atoms with van der Waals surface area (Å²) in [5.74, 6) is 1.22. The highest BCUT2D eigenvalue weighted by Gasteiger charge is 2.21. The molecule has 1 fully saturated rings. The fourth-order valence-corrected chi connectivity index (χ4v) is 3.65. The largest absolute Gasteiger partial charge is 0.353 e. The van der Waals surface area contributed by atoms with E-state index in [1.54, 1.807) is 16.2 Å². The summed E-state index contributed by atoms with van der Waals surface area (Å²) in [7, 11) is 0. The molecule has 7 nitrogen and oxygen atoms in total. The van der Waals surface area contributed by atoms with Gasteiger partial charge in [0.2, 0.25) is 17.6 Å². The number of benzene rings is 1. The van der Waals surface area contributed by atoms with Crippen LogP contribution in [0.3, 0.4) is 0 Å². The Labute approximate surface area is 165 Å². The summed E-state index contributed by atoms with van der Waals surface area (Å²) >= 11 is 6.86. The van der Waals surface area contributed by atoms with Gasteiger partial charge in [0.25, 0.3) is 0 Å². The van der Waals surface area contributed by atoms with Crippen LogP contribution in [-0.2, 0) is 11.3 Å². The van der Waals surface area contributed by atoms with Crippen LogP contribution in [0.5, 0.6) is 0 Å². The standard InChI is InChI=1S/C18H17N5O2S2/c24-16-4-1-9-23(16)13-7-5-12(6-8-13)20-18(26)19-11-15-21-17(22-25-15)14-3-2-10-27-14/h2-3,5-8,10H,1,4,9,11H2,(H2,19,20,26). The van der Waals surface area contributed by atoms with Gasteiger partial charge in [0.05, 0.1) is 11.4 Å². The first kappa shape index (κ1) is 17.6. The number of carbonyl (C=O) groups is 1. The Balaban J connectivity index is 1.30. The van der Waals surface area contributed by atoms with E-state index in [1.807, 2.05) is 41.8 Å². The fraction of sp³-hybridized carbons (Fsp3) is 0.222. The maximum absolute atomic E-state index is 11.8. The van der Waals surface area contributed by atoms with E-state index in [-0.39, 0.29) is 5.91 Å². The van der Waals surface area contributed by atoms with Gasteiger partial charge in [0, 0.05) is 24.3 Å². The number of nitrogens with one attached hydrogen (secondary N) is 2. The van der Waals surface area contributed by atoms with Crippen LogP contribution in [0.4, 0.5) is 11.4 Å². The van der Waals surface area contributed by atoms with Crippen LogP contribution in [0.2, 0.25) is 0 Å². The molecule has 1 amide bonds. The summed E-state index contributed by atoms with van der Waals surface area (Å²) < 4.78 is 5.23. The summed E-state index contributed by atoms with van der Waals surface area (Å²) in [6.07, 6.45) is 1.54. The quantitative estimate of drug-likeness (QED) is 0.636. The molecule has 1 saturated heterocycles. The monoisotopic (exact) mass is 399 g/mol. The maximum atomic E-state index is 11.8. The van der Waals surface area contributed by atoms with Gasteiger partial charge in [0.15, 0.2) is 5.11 Å². The van der Waals surface area contributed by atoms with E-state index in [9.17, 15) is 4.79 Å². The Morgan fingerprint density at radius 3 is 2.85 bits per heavy atom. The van der Waals surface area contributed by atoms with Crippen molar-refractivity contribution in [3.05, 3.63) is 47.7 Å². The average molecular weight is 400 g/mol. The second-order valence-corrected chi connectivity index (χ2v) is 7.35. The van der Waals surface area contributed by atoms with Gasteiger partial charge in [-0.25, -0.2) is 0 Å². The van der Waals surface area contributed by atoms with Gasteiger partial charge in [-0.1, -0.05) is 11.2 Å². The van der Waals surface area contributed by atoms with Crippen molar-refractivity contribution in [1.82, 2.24) is 15.5 Å². The molecule has 3 aromatic rings. The average Bonchev–Trinajstić information content (AvgIpc) is 3.42. The Hall–Kier alpha value is -2.78. The number of thiocarbonyl (C=S) groups is 1. The molecule has 3 heterocycles. The van der Waals surface area contributed by atoms with Gasteiger partial charge in [-0.3, -0.25) is 4.79 Å². The minimum absolute atomic E-state index is 0.175. The van der Waals surface area contributed by atoms with Gasteiger partial charge >= 0.3 is 0 Å². The minimum Gasteiger partial charge on any atom is -0.353 e. The van der Waals surface area contributed by atoms with Crippen molar-refractivity contribution in [1.29, 1.82) is 0 Å². The fourth-order valence-electron chi connectivity index (χ4n) is 2.81. The molecule has 9 heteroatoms. The number of rotatable bonds is 5. The molecule has 1 aliphatic rings. The van der Waals surface area contributed by atoms with Crippen molar-refractivity contribution < 1.29 is 9.32 Å². The highest BCUT2D eigenvalue weighted by molar-refractivity contribution is 7.80. The third kappa shape index (κ3) is 4.15. The second-order valence-electron chi connectivity index (χ2n) is 5.99. The van der Waals surface area contributed by atoms with Gasteiger partial charge in [-0.15, -0.1) is 11.3 Å². The summed E-state index contributed by atoms with van der Waals surface area (Å²) in [5, 5.41) is 12.5. The predicted octanol–water partition coefficient (Wildman–Crippen LogP) is 3.41. The Morgan fingerprint density at radius 1 is 1.30 bits per heavy atom. The van der Waals surface area contributed by atoms with E-state index < -0.39 is 0 Å². The molecule has 0 unspecified atom stereocenters. The van der Waals surface area contributed by atoms with Crippen LogP contribution in [0.25, 0.3) is 10.7 Å². The van der Waals surface area contributed by atoms with Gasteiger partial charge in [-0.2, -0.15) is 4.98 Å². The molecule has 0 atom stereocenters. The lowest BCUT2D eigenvalue weighted by Crippen LogP contribution is -2.28. The molecule has 2 aromatic heterocycles. The smallest absolute Gasteiger partial charge is 0.246 e. The SMILES string of the molecule is O=C1CCCN1c1ccc(NC(=S)NCc2nc(-c3cccs3)no2)cc1. The topological polar surface area (TPSA) is 83.3 Å². The summed E-state index contributed by atoms with van der Waals surface area (Å²) in [6.45, 7) is 1.12. The van der Waals surface area contributed by atoms with Crippen molar-refractivity contribution in [3.8, 4) is 10.7 Å². The first-order chi connectivity index (χ1) is 13.2. The molecule has 4 rings (SSSR count). The van der Waals surface area contributed by atoms with E-state index in [1.165, 1.54) is 0 Å². The molecule has 2 N–H and O–H groups in total. The van der Waals surface area contributed by atoms with Gasteiger partial charge in [0.1, 0.15) is 0 Å². The maximum Gasteiger partial charge on any atom is 0.246 e. The van der Waals surface area contributed by atoms with Crippen LogP contribution in [0.1, 0.15) is 18.7 Å². The second kappa shape index (κ2) is 7.85. The van der Waals surface area contributed by atoms with Crippen LogP contribution in [0.15, 0.2) is 46.3 Å². The van der Waals surface area contributed by atoms with Crippen molar-refractivity contribution in [2.75, 3.05) is 16.8 Å². The number of nitrogens with zero attached hydrogens (tertiary/aromatic N) is 3. The zero-order chi connectivity index (χ0) is 18.6. The Kier molecular flexibility index (Phi) is 5.12. The van der Waals surface area contributed by atoms with E-state index in [4.69, 9.17) is 16.7 Å². The molecular formula is C18H17N5O2S2.